The van der Waals surface area contributed by atoms with Gasteiger partial charge in [-0.3, -0.25) is 0 Å². The Labute approximate surface area is 66.8 Å². The van der Waals surface area contributed by atoms with Crippen LogP contribution in [0, 0.1) is 0 Å². The van der Waals surface area contributed by atoms with E-state index in [1.165, 1.54) is 0 Å². The fourth-order valence-corrected chi connectivity index (χ4v) is 0.300. The largest absolute Gasteiger partial charge is 0.554 e. The van der Waals surface area contributed by atoms with Crippen LogP contribution in [0.15, 0.2) is 0 Å². The van der Waals surface area contributed by atoms with E-state index in [9.17, 15) is 0 Å². The van der Waals surface area contributed by atoms with E-state index in [4.69, 9.17) is 15.0 Å². The number of carbonyl (C=O) groups excluding carboxylic acids is 1. The molecule has 70 valence electrons. The van der Waals surface area contributed by atoms with Crippen LogP contribution >= 0.6 is 0 Å². The Morgan fingerprint density at radius 3 is 1.73 bits per heavy atom. The summed E-state index contributed by atoms with van der Waals surface area (Å²) in [5.74, 6) is 0. The van der Waals surface area contributed by atoms with E-state index in [-0.39, 0.29) is 12.1 Å². The summed E-state index contributed by atoms with van der Waals surface area (Å²) < 4.78 is 0.844. The Morgan fingerprint density at radius 1 is 1.45 bits per heavy atom. The second-order valence-corrected chi connectivity index (χ2v) is 2.83. The van der Waals surface area contributed by atoms with Crippen LogP contribution in [0.3, 0.4) is 0 Å². The second kappa shape index (κ2) is 9.35. The molecule has 11 heavy (non-hydrogen) atoms. The van der Waals surface area contributed by atoms with Gasteiger partial charge in [0.25, 0.3) is 0 Å². The minimum absolute atomic E-state index is 0. The van der Waals surface area contributed by atoms with Crippen molar-refractivity contribution in [2.45, 2.75) is 0 Å². The van der Waals surface area contributed by atoms with Crippen molar-refractivity contribution < 1.29 is 25.0 Å². The summed E-state index contributed by atoms with van der Waals surface area (Å²) in [6.45, 7) is 0.615. The van der Waals surface area contributed by atoms with Crippen LogP contribution in [0.4, 0.5) is 0 Å². The highest BCUT2D eigenvalue weighted by Gasteiger charge is 2.02. The number of hydrogen-bond acceptors (Lipinski definition) is 3. The molecule has 0 aliphatic heterocycles. The van der Waals surface area contributed by atoms with E-state index in [0.717, 1.165) is 11.0 Å². The highest BCUT2D eigenvalue weighted by molar-refractivity contribution is 5.29. The van der Waals surface area contributed by atoms with Crippen molar-refractivity contribution in [3.63, 3.8) is 0 Å². The maximum atomic E-state index is 8.39. The molecule has 0 aromatic heterocycles. The topological polar surface area (TPSA) is 91.9 Å². The number of nitrogens with zero attached hydrogens (tertiary/aromatic N) is 1. The van der Waals surface area contributed by atoms with Gasteiger partial charge in [-0.2, -0.15) is 0 Å². The van der Waals surface area contributed by atoms with Gasteiger partial charge in [0.1, 0.15) is 6.54 Å². The molecule has 5 heteroatoms. The number of aliphatic hydroxyl groups is 1. The molecule has 0 aromatic carbocycles. The zero-order valence-electron chi connectivity index (χ0n) is 7.20. The highest BCUT2D eigenvalue weighted by atomic mass is 16.3. The standard InChI is InChI=1S/C5H14NO.CH2O2.H2O/c1-6(2,3)4-5-7;2-1-3;/h7H,4-5H2,1-3H3;1H,(H,2,3);1H2/q+1;;/p-1. The maximum Gasteiger partial charge on any atom is 0.101 e. The van der Waals surface area contributed by atoms with E-state index in [2.05, 4.69) is 21.1 Å². The van der Waals surface area contributed by atoms with Gasteiger partial charge in [0.05, 0.1) is 27.7 Å². The third kappa shape index (κ3) is 45.0. The smallest absolute Gasteiger partial charge is 0.101 e. The molecule has 0 aliphatic carbocycles. The number of quaternary nitrogens is 1. The van der Waals surface area contributed by atoms with Gasteiger partial charge in [0.2, 0.25) is 0 Å². The second-order valence-electron chi connectivity index (χ2n) is 2.83. The summed E-state index contributed by atoms with van der Waals surface area (Å²) in [4.78, 5) is 8.25. The van der Waals surface area contributed by atoms with E-state index in [0.29, 0.717) is 0 Å². The number of carbonyl (C=O) groups is 1. The summed E-state index contributed by atoms with van der Waals surface area (Å²) in [7, 11) is 6.16. The lowest BCUT2D eigenvalue weighted by Crippen LogP contribution is -2.36. The number of rotatable bonds is 2. The summed E-state index contributed by atoms with van der Waals surface area (Å²) in [5.41, 5.74) is 0. The molecule has 0 fully saturated rings. The van der Waals surface area contributed by atoms with Gasteiger partial charge >= 0.3 is 0 Å². The van der Waals surface area contributed by atoms with Crippen molar-refractivity contribution >= 4 is 6.47 Å². The highest BCUT2D eigenvalue weighted by Crippen LogP contribution is 1.84. The molecule has 0 radical (unpaired) electrons. The van der Waals surface area contributed by atoms with Gasteiger partial charge in [-0.15, -0.1) is 0 Å². The van der Waals surface area contributed by atoms with Crippen LogP contribution in [0.25, 0.3) is 0 Å². The third-order valence-corrected chi connectivity index (χ3v) is 0.771. The van der Waals surface area contributed by atoms with Crippen molar-refractivity contribution in [1.29, 1.82) is 0 Å². The molecule has 3 N–H and O–H groups in total. The molecule has 0 saturated heterocycles. The maximum absolute atomic E-state index is 8.39. The Bertz CT molecular complexity index is 79.1. The first-order chi connectivity index (χ1) is 4.47. The summed E-state index contributed by atoms with van der Waals surface area (Å²) in [5, 5.41) is 16.6. The van der Waals surface area contributed by atoms with Crippen LogP contribution in [0.1, 0.15) is 0 Å². The lowest BCUT2D eigenvalue weighted by molar-refractivity contribution is -0.870. The number of carboxylic acid groups (broad SMARTS) is 1. The molecule has 0 aromatic rings. The monoisotopic (exact) mass is 167 g/mol. The molecule has 0 saturated carbocycles. The molecular formula is C6H17NO4. The minimum atomic E-state index is -0.500. The summed E-state index contributed by atoms with van der Waals surface area (Å²) in [6.07, 6.45) is 0. The minimum Gasteiger partial charge on any atom is -0.554 e. The predicted molar refractivity (Wildman–Crippen MR) is 39.7 cm³/mol. The van der Waals surface area contributed by atoms with Crippen LogP contribution in [-0.4, -0.2) is 55.8 Å². The average molecular weight is 167 g/mol. The van der Waals surface area contributed by atoms with E-state index in [1.807, 2.05) is 0 Å². The lowest BCUT2D eigenvalue weighted by atomic mass is 10.5. The van der Waals surface area contributed by atoms with Gasteiger partial charge in [-0.25, -0.2) is 0 Å². The van der Waals surface area contributed by atoms with E-state index < -0.39 is 6.47 Å². The summed E-state index contributed by atoms with van der Waals surface area (Å²) in [6, 6.07) is 0. The van der Waals surface area contributed by atoms with Gasteiger partial charge in [-0.05, 0) is 0 Å². The zero-order valence-corrected chi connectivity index (χ0v) is 7.20. The SMILES string of the molecule is C[N+](C)(C)CCO.O.O=C[O-]. The van der Waals surface area contributed by atoms with Crippen LogP contribution in [-0.2, 0) is 4.79 Å². The van der Waals surface area contributed by atoms with Crippen LogP contribution in [0.5, 0.6) is 0 Å². The fourth-order valence-electron chi connectivity index (χ4n) is 0.300. The average Bonchev–Trinajstić information content (AvgIpc) is 1.63. The lowest BCUT2D eigenvalue weighted by Gasteiger charge is -2.21. The number of aliphatic hydroxyl groups excluding tert-OH is 1. The fraction of sp³-hybridized carbons (Fsp3) is 0.833. The van der Waals surface area contributed by atoms with Gasteiger partial charge < -0.3 is 25.0 Å². The number of hydrogen-bond donors (Lipinski definition) is 1. The zero-order chi connectivity index (χ0) is 8.62. The molecule has 5 nitrogen and oxygen atoms in total. The molecule has 0 atom stereocenters. The molecular weight excluding hydrogens is 150 g/mol. The number of likely N-dealkylation sites (N-methyl/N-ethyl adjacent to an activating group) is 1. The van der Waals surface area contributed by atoms with E-state index >= 15 is 0 Å². The first-order valence-corrected chi connectivity index (χ1v) is 2.95. The quantitative estimate of drug-likeness (QED) is 0.356. The van der Waals surface area contributed by atoms with Crippen molar-refractivity contribution in [3.8, 4) is 0 Å². The molecule has 0 unspecified atom stereocenters. The third-order valence-electron chi connectivity index (χ3n) is 0.771. The molecule has 0 heterocycles. The molecule has 0 aliphatic rings. The predicted octanol–water partition coefficient (Wildman–Crippen LogP) is -2.77. The normalized spacial score (nSPS) is 8.73. The van der Waals surface area contributed by atoms with E-state index in [1.54, 1.807) is 0 Å². The first-order valence-electron chi connectivity index (χ1n) is 2.95. The van der Waals surface area contributed by atoms with Crippen molar-refractivity contribution in [2.24, 2.45) is 0 Å². The van der Waals surface area contributed by atoms with Crippen LogP contribution < -0.4 is 5.11 Å². The van der Waals surface area contributed by atoms with Gasteiger partial charge in [0, 0.05) is 6.47 Å². The Kier molecular flexibility index (Phi) is 14.2. The Balaban J connectivity index is -0.000000140. The van der Waals surface area contributed by atoms with Crippen molar-refractivity contribution in [2.75, 3.05) is 34.3 Å². The molecule has 0 rings (SSSR count). The van der Waals surface area contributed by atoms with Gasteiger partial charge in [0.15, 0.2) is 0 Å². The first kappa shape index (κ1) is 16.7. The van der Waals surface area contributed by atoms with Crippen molar-refractivity contribution in [3.05, 3.63) is 0 Å². The molecule has 0 amide bonds. The summed E-state index contributed by atoms with van der Waals surface area (Å²) >= 11 is 0. The Morgan fingerprint density at radius 2 is 1.73 bits per heavy atom. The Hall–Kier alpha value is -0.650. The molecule has 0 bridgehead atoms. The molecule has 0 spiro atoms. The van der Waals surface area contributed by atoms with Gasteiger partial charge in [-0.1, -0.05) is 0 Å². The van der Waals surface area contributed by atoms with Crippen molar-refractivity contribution in [1.82, 2.24) is 0 Å². The van der Waals surface area contributed by atoms with Crippen LogP contribution in [0.2, 0.25) is 0 Å².